The molecular formula is C22H22F2N4. The Kier molecular flexibility index (Phi) is 5.30. The van der Waals surface area contributed by atoms with Gasteiger partial charge >= 0.3 is 0 Å². The highest BCUT2D eigenvalue weighted by molar-refractivity contribution is 5.66. The number of nitrogen functional groups attached to an aromatic ring is 1. The molecule has 0 saturated carbocycles. The minimum Gasteiger partial charge on any atom is -0.368 e. The molecule has 0 aliphatic carbocycles. The van der Waals surface area contributed by atoms with E-state index in [1.54, 1.807) is 18.3 Å². The van der Waals surface area contributed by atoms with Gasteiger partial charge in [0.1, 0.15) is 11.6 Å². The van der Waals surface area contributed by atoms with Crippen molar-refractivity contribution in [3.05, 3.63) is 77.6 Å². The summed E-state index contributed by atoms with van der Waals surface area (Å²) in [4.78, 5) is 11.1. The van der Waals surface area contributed by atoms with Gasteiger partial charge in [0.05, 0.1) is 11.7 Å². The number of rotatable bonds is 5. The summed E-state index contributed by atoms with van der Waals surface area (Å²) in [6.07, 6.45) is 4.61. The molecule has 2 heterocycles. The Balaban J connectivity index is 1.59. The van der Waals surface area contributed by atoms with Crippen LogP contribution in [0.5, 0.6) is 0 Å². The van der Waals surface area contributed by atoms with E-state index < -0.39 is 0 Å². The molecule has 2 aromatic carbocycles. The zero-order valence-corrected chi connectivity index (χ0v) is 15.5. The highest BCUT2D eigenvalue weighted by atomic mass is 19.1. The third kappa shape index (κ3) is 4.02. The van der Waals surface area contributed by atoms with E-state index in [9.17, 15) is 8.78 Å². The molecule has 1 saturated heterocycles. The zero-order chi connectivity index (χ0) is 19.5. The predicted molar refractivity (Wildman–Crippen MR) is 105 cm³/mol. The highest BCUT2D eigenvalue weighted by Gasteiger charge is 2.29. The number of aromatic nitrogens is 2. The zero-order valence-electron chi connectivity index (χ0n) is 15.5. The fourth-order valence-corrected chi connectivity index (χ4v) is 3.84. The first kappa shape index (κ1) is 18.5. The average Bonchev–Trinajstić information content (AvgIpc) is 3.17. The van der Waals surface area contributed by atoms with Crippen molar-refractivity contribution in [2.24, 2.45) is 0 Å². The average molecular weight is 380 g/mol. The van der Waals surface area contributed by atoms with Crippen LogP contribution in [0.1, 0.15) is 30.1 Å². The molecule has 4 rings (SSSR count). The predicted octanol–water partition coefficient (Wildman–Crippen LogP) is 4.38. The van der Waals surface area contributed by atoms with Crippen LogP contribution in [0.25, 0.3) is 11.1 Å². The Labute approximate surface area is 163 Å². The lowest BCUT2D eigenvalue weighted by molar-refractivity contribution is 0.257. The first-order valence-corrected chi connectivity index (χ1v) is 9.47. The van der Waals surface area contributed by atoms with Crippen LogP contribution in [-0.2, 0) is 6.42 Å². The molecule has 0 amide bonds. The van der Waals surface area contributed by atoms with E-state index in [0.717, 1.165) is 54.7 Å². The van der Waals surface area contributed by atoms with E-state index in [1.165, 1.54) is 24.3 Å². The van der Waals surface area contributed by atoms with Gasteiger partial charge in [-0.2, -0.15) is 0 Å². The fraction of sp³-hybridized carbons (Fsp3) is 0.273. The van der Waals surface area contributed by atoms with E-state index >= 15 is 0 Å². The molecule has 1 aromatic heterocycles. The van der Waals surface area contributed by atoms with Crippen molar-refractivity contribution in [3.8, 4) is 11.1 Å². The van der Waals surface area contributed by atoms with Gasteiger partial charge < -0.3 is 5.73 Å². The molecule has 144 valence electrons. The van der Waals surface area contributed by atoms with E-state index in [2.05, 4.69) is 14.9 Å². The maximum Gasteiger partial charge on any atom is 0.220 e. The minimum absolute atomic E-state index is 0.130. The second kappa shape index (κ2) is 8.02. The van der Waals surface area contributed by atoms with Crippen LogP contribution in [0.15, 0.2) is 54.7 Å². The van der Waals surface area contributed by atoms with Crippen LogP contribution in [0.3, 0.4) is 0 Å². The lowest BCUT2D eigenvalue weighted by Crippen LogP contribution is -2.27. The summed E-state index contributed by atoms with van der Waals surface area (Å²) in [6.45, 7) is 1.82. The first-order valence-electron chi connectivity index (χ1n) is 9.47. The second-order valence-electron chi connectivity index (χ2n) is 7.10. The van der Waals surface area contributed by atoms with Crippen molar-refractivity contribution in [1.82, 2.24) is 14.9 Å². The van der Waals surface area contributed by atoms with Crippen molar-refractivity contribution in [2.45, 2.75) is 25.3 Å². The normalized spacial score (nSPS) is 17.1. The van der Waals surface area contributed by atoms with E-state index in [-0.39, 0.29) is 23.6 Å². The fourth-order valence-electron chi connectivity index (χ4n) is 3.84. The molecule has 2 N–H and O–H groups in total. The molecule has 1 aliphatic heterocycles. The lowest BCUT2D eigenvalue weighted by atomic mass is 9.99. The lowest BCUT2D eigenvalue weighted by Gasteiger charge is -2.26. The van der Waals surface area contributed by atoms with Crippen LogP contribution >= 0.6 is 0 Å². The van der Waals surface area contributed by atoms with Crippen molar-refractivity contribution in [2.75, 3.05) is 18.8 Å². The molecule has 3 aromatic rings. The van der Waals surface area contributed by atoms with Crippen molar-refractivity contribution in [3.63, 3.8) is 0 Å². The summed E-state index contributed by atoms with van der Waals surface area (Å²) in [6, 6.07) is 13.1. The number of nitrogens with zero attached hydrogens (tertiary/aromatic N) is 3. The van der Waals surface area contributed by atoms with Crippen LogP contribution < -0.4 is 5.73 Å². The topological polar surface area (TPSA) is 55.0 Å². The van der Waals surface area contributed by atoms with Gasteiger partial charge in [-0.1, -0.05) is 24.3 Å². The monoisotopic (exact) mass is 380 g/mol. The van der Waals surface area contributed by atoms with E-state index in [0.29, 0.717) is 0 Å². The molecule has 28 heavy (non-hydrogen) atoms. The van der Waals surface area contributed by atoms with Crippen LogP contribution in [0, 0.1) is 11.6 Å². The number of anilines is 1. The number of likely N-dealkylation sites (tertiary alicyclic amines) is 1. The molecule has 0 unspecified atom stereocenters. The number of benzene rings is 2. The van der Waals surface area contributed by atoms with Crippen LogP contribution in [-0.4, -0.2) is 28.0 Å². The molecule has 0 spiro atoms. The molecule has 1 fully saturated rings. The molecular weight excluding hydrogens is 358 g/mol. The van der Waals surface area contributed by atoms with Crippen molar-refractivity contribution < 1.29 is 8.78 Å². The summed E-state index contributed by atoms with van der Waals surface area (Å²) in [5.74, 6) is -0.252. The first-order chi connectivity index (χ1) is 13.6. The summed E-state index contributed by atoms with van der Waals surface area (Å²) >= 11 is 0. The number of hydrogen-bond acceptors (Lipinski definition) is 4. The van der Waals surface area contributed by atoms with Gasteiger partial charge in [-0.15, -0.1) is 0 Å². The third-order valence-corrected chi connectivity index (χ3v) is 5.27. The summed E-state index contributed by atoms with van der Waals surface area (Å²) in [5, 5.41) is 0. The van der Waals surface area contributed by atoms with Gasteiger partial charge in [-0.05, 0) is 61.2 Å². The largest absolute Gasteiger partial charge is 0.368 e. The second-order valence-corrected chi connectivity index (χ2v) is 7.10. The maximum atomic E-state index is 13.3. The summed E-state index contributed by atoms with van der Waals surface area (Å²) in [7, 11) is 0. The molecule has 0 radical (unpaired) electrons. The Morgan fingerprint density at radius 3 is 2.39 bits per heavy atom. The number of hydrogen-bond donors (Lipinski definition) is 1. The number of nitrogens with two attached hydrogens (primary N) is 1. The SMILES string of the molecule is Nc1ncc(-c2ccc(F)cc2)c([C@@H]2CCCN2CCc2ccc(F)cc2)n1. The Morgan fingerprint density at radius 1 is 1.00 bits per heavy atom. The van der Waals surface area contributed by atoms with Gasteiger partial charge in [0.15, 0.2) is 0 Å². The van der Waals surface area contributed by atoms with Gasteiger partial charge in [0, 0.05) is 18.3 Å². The molecule has 1 aliphatic rings. The summed E-state index contributed by atoms with van der Waals surface area (Å²) < 4.78 is 26.5. The van der Waals surface area contributed by atoms with Crippen LogP contribution in [0.2, 0.25) is 0 Å². The van der Waals surface area contributed by atoms with Crippen LogP contribution in [0.4, 0.5) is 14.7 Å². The molecule has 1 atom stereocenters. The van der Waals surface area contributed by atoms with Gasteiger partial charge in [-0.25, -0.2) is 18.7 Å². The standard InChI is InChI=1S/C22H22F2N4/c23-17-7-3-15(4-8-17)11-13-28-12-1-2-20(28)21-19(14-26-22(25)27-21)16-5-9-18(24)10-6-16/h3-10,14,20H,1-2,11-13H2,(H2,25,26,27)/t20-/m0/s1. The highest BCUT2D eigenvalue weighted by Crippen LogP contribution is 2.36. The Bertz CT molecular complexity index is 942. The Hall–Kier alpha value is -2.86. The number of halogens is 2. The van der Waals surface area contributed by atoms with Crippen molar-refractivity contribution in [1.29, 1.82) is 0 Å². The summed E-state index contributed by atoms with van der Waals surface area (Å²) in [5.41, 5.74) is 9.63. The maximum absolute atomic E-state index is 13.3. The third-order valence-electron chi connectivity index (χ3n) is 5.27. The molecule has 4 nitrogen and oxygen atoms in total. The smallest absolute Gasteiger partial charge is 0.220 e. The minimum atomic E-state index is -0.275. The van der Waals surface area contributed by atoms with Gasteiger partial charge in [-0.3, -0.25) is 4.90 Å². The van der Waals surface area contributed by atoms with Gasteiger partial charge in [0.25, 0.3) is 0 Å². The van der Waals surface area contributed by atoms with E-state index in [1.807, 2.05) is 12.1 Å². The Morgan fingerprint density at radius 2 is 1.68 bits per heavy atom. The van der Waals surface area contributed by atoms with Crippen molar-refractivity contribution >= 4 is 5.95 Å². The molecule has 0 bridgehead atoms. The van der Waals surface area contributed by atoms with E-state index in [4.69, 9.17) is 5.73 Å². The van der Waals surface area contributed by atoms with Gasteiger partial charge in [0.2, 0.25) is 5.95 Å². The quantitative estimate of drug-likeness (QED) is 0.714. The molecule has 6 heteroatoms.